The lowest BCUT2D eigenvalue weighted by molar-refractivity contribution is -0.132. The fraction of sp³-hybridized carbons (Fsp3) is 0.0556. The van der Waals surface area contributed by atoms with Crippen molar-refractivity contribution in [1.82, 2.24) is 0 Å². The van der Waals surface area contributed by atoms with Crippen molar-refractivity contribution in [2.24, 2.45) is 0 Å². The molecule has 0 aliphatic heterocycles. The number of carbonyl (C=O) groups is 2. The quantitative estimate of drug-likeness (QED) is 0.182. The van der Waals surface area contributed by atoms with E-state index in [0.717, 1.165) is 65.4 Å². The molecule has 1 aliphatic carbocycles. The Morgan fingerprint density at radius 3 is 1.57 bits per heavy atom. The van der Waals surface area contributed by atoms with Gasteiger partial charge in [-0.3, -0.25) is 4.79 Å². The first-order valence-electron chi connectivity index (χ1n) is 13.3. The normalized spacial score (nSPS) is 13.4. The van der Waals surface area contributed by atoms with Crippen molar-refractivity contribution < 1.29 is 19.4 Å². The Labute approximate surface area is 230 Å². The number of hydrogen-bond acceptors (Lipinski definition) is 3. The lowest BCUT2D eigenvalue weighted by atomic mass is 9.81. The molecular weight excluding hydrogens is 496 g/mol. The van der Waals surface area contributed by atoms with Crippen LogP contribution in [0.5, 0.6) is 5.75 Å². The van der Waals surface area contributed by atoms with E-state index in [1.807, 2.05) is 30.3 Å². The first-order chi connectivity index (χ1) is 19.6. The maximum atomic E-state index is 11.7. The Bertz CT molecular complexity index is 1970. The fourth-order valence-corrected chi connectivity index (χ4v) is 6.03. The number of carboxylic acid groups (broad SMARTS) is 1. The number of hydrogen-bond donors (Lipinski definition) is 1. The number of carboxylic acids is 1. The molecule has 0 atom stereocenters. The predicted molar refractivity (Wildman–Crippen MR) is 162 cm³/mol. The van der Waals surface area contributed by atoms with Gasteiger partial charge in [0.15, 0.2) is 0 Å². The number of carbonyl (C=O) groups excluding carboxylic acids is 1. The van der Waals surface area contributed by atoms with E-state index in [1.54, 1.807) is 6.08 Å². The molecule has 1 N–H and O–H groups in total. The second-order valence-electron chi connectivity index (χ2n) is 10.2. The van der Waals surface area contributed by atoms with Gasteiger partial charge in [0.25, 0.3) is 6.47 Å². The molecule has 4 heteroatoms. The van der Waals surface area contributed by atoms with Gasteiger partial charge in [-0.1, -0.05) is 72.8 Å². The Kier molecular flexibility index (Phi) is 5.67. The molecule has 0 amide bonds. The average molecular weight is 521 g/mol. The van der Waals surface area contributed by atoms with Gasteiger partial charge in [-0.15, -0.1) is 0 Å². The number of allylic oxidation sites excluding steroid dienone is 3. The van der Waals surface area contributed by atoms with Crippen LogP contribution in [0.15, 0.2) is 115 Å². The minimum absolute atomic E-state index is 0.433. The molecule has 0 bridgehead atoms. The first-order valence-corrected chi connectivity index (χ1v) is 13.3. The SMILES string of the molecule is O=COc1ccc(-c2c3cc4ccccc4cc3c(C3=CC=C(C(=O)O)CC3)c3cc4ccccc4cc23)cc1. The Balaban J connectivity index is 1.66. The first kappa shape index (κ1) is 23.9. The largest absolute Gasteiger partial charge is 0.478 e. The van der Waals surface area contributed by atoms with E-state index < -0.39 is 5.97 Å². The molecule has 0 unspecified atom stereocenters. The van der Waals surface area contributed by atoms with Crippen molar-refractivity contribution in [2.75, 3.05) is 0 Å². The summed E-state index contributed by atoms with van der Waals surface area (Å²) < 4.78 is 5.08. The van der Waals surface area contributed by atoms with Crippen molar-refractivity contribution in [3.8, 4) is 16.9 Å². The van der Waals surface area contributed by atoms with Crippen molar-refractivity contribution in [2.45, 2.75) is 12.8 Å². The molecule has 0 aromatic heterocycles. The smallest absolute Gasteiger partial charge is 0.331 e. The summed E-state index contributed by atoms with van der Waals surface area (Å²) in [5, 5.41) is 18.7. The summed E-state index contributed by atoms with van der Waals surface area (Å²) >= 11 is 0. The van der Waals surface area contributed by atoms with E-state index in [0.29, 0.717) is 30.6 Å². The second kappa shape index (κ2) is 9.51. The standard InChI is InChI=1S/C36H24O4/c37-21-40-29-15-13-23(14-16-29)35-32-19-27-7-3-1-5-25(27)17-30(32)34(22-9-11-24(12-10-22)36(38)39)31-18-26-6-2-4-8-28(26)20-33(31)35/h1-9,11,13-21H,10,12H2,(H,38,39). The van der Waals surface area contributed by atoms with Gasteiger partial charge in [0.1, 0.15) is 5.75 Å². The van der Waals surface area contributed by atoms with Crippen LogP contribution in [-0.2, 0) is 9.59 Å². The monoisotopic (exact) mass is 520 g/mol. The number of ether oxygens (including phenoxy) is 1. The van der Waals surface area contributed by atoms with Gasteiger partial charge in [0, 0.05) is 5.57 Å². The molecule has 6 aromatic rings. The number of benzene rings is 6. The van der Waals surface area contributed by atoms with Gasteiger partial charge < -0.3 is 9.84 Å². The van der Waals surface area contributed by atoms with Gasteiger partial charge in [0.2, 0.25) is 0 Å². The molecule has 0 saturated heterocycles. The van der Waals surface area contributed by atoms with Gasteiger partial charge in [-0.25, -0.2) is 4.79 Å². The molecule has 0 fully saturated rings. The van der Waals surface area contributed by atoms with Crippen LogP contribution in [-0.4, -0.2) is 17.5 Å². The van der Waals surface area contributed by atoms with Crippen LogP contribution in [0.25, 0.3) is 59.8 Å². The third-order valence-corrected chi connectivity index (χ3v) is 7.92. The summed E-state index contributed by atoms with van der Waals surface area (Å²) in [6.45, 7) is 0.439. The summed E-state index contributed by atoms with van der Waals surface area (Å²) in [7, 11) is 0. The zero-order valence-corrected chi connectivity index (χ0v) is 21.6. The van der Waals surface area contributed by atoms with Crippen LogP contribution in [0.4, 0.5) is 0 Å². The van der Waals surface area contributed by atoms with Crippen LogP contribution in [0.3, 0.4) is 0 Å². The molecule has 0 heterocycles. The summed E-state index contributed by atoms with van der Waals surface area (Å²) in [5.41, 5.74) is 4.85. The van der Waals surface area contributed by atoms with Crippen LogP contribution >= 0.6 is 0 Å². The predicted octanol–water partition coefficient (Wildman–Crippen LogP) is 8.69. The number of rotatable bonds is 5. The lowest BCUT2D eigenvalue weighted by Crippen LogP contribution is -2.04. The van der Waals surface area contributed by atoms with E-state index in [9.17, 15) is 14.7 Å². The van der Waals surface area contributed by atoms with Crippen molar-refractivity contribution in [1.29, 1.82) is 0 Å². The van der Waals surface area contributed by atoms with Gasteiger partial charge >= 0.3 is 5.97 Å². The maximum Gasteiger partial charge on any atom is 0.331 e. The fourth-order valence-electron chi connectivity index (χ4n) is 6.03. The van der Waals surface area contributed by atoms with Gasteiger partial charge in [0.05, 0.1) is 0 Å². The van der Waals surface area contributed by atoms with Crippen molar-refractivity contribution >= 4 is 61.1 Å². The summed E-state index contributed by atoms with van der Waals surface area (Å²) in [6.07, 6.45) is 4.88. The average Bonchev–Trinajstić information content (AvgIpc) is 2.99. The highest BCUT2D eigenvalue weighted by Crippen LogP contribution is 2.46. The molecule has 0 saturated carbocycles. The minimum Gasteiger partial charge on any atom is -0.478 e. The van der Waals surface area contributed by atoms with E-state index in [-0.39, 0.29) is 0 Å². The van der Waals surface area contributed by atoms with Crippen LogP contribution in [0, 0.1) is 0 Å². The van der Waals surface area contributed by atoms with Crippen molar-refractivity contribution in [3.05, 3.63) is 120 Å². The number of aliphatic carboxylic acids is 1. The molecular formula is C36H24O4. The Morgan fingerprint density at radius 1 is 0.650 bits per heavy atom. The topological polar surface area (TPSA) is 63.6 Å². The molecule has 1 aliphatic rings. The highest BCUT2D eigenvalue weighted by Gasteiger charge is 2.21. The lowest BCUT2D eigenvalue weighted by Gasteiger charge is -2.22. The summed E-state index contributed by atoms with van der Waals surface area (Å²) in [6, 6.07) is 33.4. The van der Waals surface area contributed by atoms with E-state index in [1.165, 1.54) is 0 Å². The highest BCUT2D eigenvalue weighted by atomic mass is 16.5. The maximum absolute atomic E-state index is 11.7. The van der Waals surface area contributed by atoms with E-state index in [4.69, 9.17) is 4.74 Å². The molecule has 4 nitrogen and oxygen atoms in total. The van der Waals surface area contributed by atoms with Gasteiger partial charge in [-0.05, 0) is 115 Å². The second-order valence-corrected chi connectivity index (χ2v) is 10.2. The minimum atomic E-state index is -0.862. The Morgan fingerprint density at radius 2 is 1.15 bits per heavy atom. The van der Waals surface area contributed by atoms with Gasteiger partial charge in [-0.2, -0.15) is 0 Å². The zero-order chi connectivity index (χ0) is 27.2. The molecule has 192 valence electrons. The molecule has 40 heavy (non-hydrogen) atoms. The molecule has 0 radical (unpaired) electrons. The summed E-state index contributed by atoms with van der Waals surface area (Å²) in [4.78, 5) is 22.6. The van der Waals surface area contributed by atoms with E-state index in [2.05, 4.69) is 72.8 Å². The molecule has 6 aromatic carbocycles. The highest BCUT2D eigenvalue weighted by molar-refractivity contribution is 6.23. The third kappa shape index (κ3) is 3.93. The van der Waals surface area contributed by atoms with Crippen LogP contribution in [0.1, 0.15) is 18.4 Å². The Hall–Kier alpha value is -5.22. The molecule has 0 spiro atoms. The van der Waals surface area contributed by atoms with Crippen LogP contribution in [0.2, 0.25) is 0 Å². The molecule has 7 rings (SSSR count). The summed E-state index contributed by atoms with van der Waals surface area (Å²) in [5.74, 6) is -0.368. The van der Waals surface area contributed by atoms with Crippen molar-refractivity contribution in [3.63, 3.8) is 0 Å². The third-order valence-electron chi connectivity index (χ3n) is 7.92. The van der Waals surface area contributed by atoms with Crippen LogP contribution < -0.4 is 4.74 Å². The number of fused-ring (bicyclic) bond motifs is 4. The zero-order valence-electron chi connectivity index (χ0n) is 21.6. The van der Waals surface area contributed by atoms with E-state index >= 15 is 0 Å².